The van der Waals surface area contributed by atoms with E-state index in [1.54, 1.807) is 29.8 Å². The lowest BCUT2D eigenvalue weighted by atomic mass is 10.2. The predicted octanol–water partition coefficient (Wildman–Crippen LogP) is 3.63. The van der Waals surface area contributed by atoms with Crippen LogP contribution < -0.4 is 10.5 Å². The van der Waals surface area contributed by atoms with Crippen molar-refractivity contribution in [3.05, 3.63) is 37.1 Å². The van der Waals surface area contributed by atoms with Crippen LogP contribution in [-0.4, -0.2) is 7.11 Å². The van der Waals surface area contributed by atoms with E-state index < -0.39 is 0 Å². The summed E-state index contributed by atoms with van der Waals surface area (Å²) in [5, 5.41) is 1.97. The van der Waals surface area contributed by atoms with Crippen LogP contribution in [0.1, 0.15) is 15.8 Å². The van der Waals surface area contributed by atoms with Crippen molar-refractivity contribution in [2.45, 2.75) is 6.04 Å². The molecule has 80 valence electrons. The Kier molecular flexibility index (Phi) is 3.45. The smallest absolute Gasteiger partial charge is 0.129 e. The minimum absolute atomic E-state index is 0.0461. The normalized spacial score (nSPS) is 12.7. The quantitative estimate of drug-likeness (QED) is 0.940. The number of nitrogens with two attached hydrogens (primary N) is 1. The summed E-state index contributed by atoms with van der Waals surface area (Å²) in [6.45, 7) is 0. The number of halogens is 1. The van der Waals surface area contributed by atoms with Gasteiger partial charge >= 0.3 is 0 Å². The summed E-state index contributed by atoms with van der Waals surface area (Å²) in [5.74, 6) is 0.876. The summed E-state index contributed by atoms with van der Waals surface area (Å²) in [6, 6.07) is 6.01. The molecule has 0 radical (unpaired) electrons. The number of methoxy groups -OCH3 is 1. The summed E-state index contributed by atoms with van der Waals surface area (Å²) < 4.78 is 6.24. The molecule has 1 atom stereocenters. The summed E-state index contributed by atoms with van der Waals surface area (Å²) in [7, 11) is 1.67. The molecule has 0 saturated heterocycles. The first kappa shape index (κ1) is 11.1. The van der Waals surface area contributed by atoms with Gasteiger partial charge in [0, 0.05) is 15.1 Å². The molecule has 15 heavy (non-hydrogen) atoms. The molecular weight excluding hydrogens is 294 g/mol. The van der Waals surface area contributed by atoms with Gasteiger partial charge in [0.2, 0.25) is 0 Å². The zero-order chi connectivity index (χ0) is 10.8. The fourth-order valence-electron chi connectivity index (χ4n) is 1.24. The van der Waals surface area contributed by atoms with Gasteiger partial charge in [-0.1, -0.05) is 0 Å². The Bertz CT molecular complexity index is 452. The highest BCUT2D eigenvalue weighted by molar-refractivity contribution is 9.11. The first-order chi connectivity index (χ1) is 7.20. The van der Waals surface area contributed by atoms with Crippen LogP contribution in [-0.2, 0) is 0 Å². The van der Waals surface area contributed by atoms with E-state index >= 15 is 0 Å². The van der Waals surface area contributed by atoms with Crippen LogP contribution in [0.4, 0.5) is 0 Å². The Morgan fingerprint density at radius 1 is 1.40 bits per heavy atom. The lowest BCUT2D eigenvalue weighted by Crippen LogP contribution is -2.07. The van der Waals surface area contributed by atoms with Crippen LogP contribution in [0.25, 0.3) is 0 Å². The van der Waals surface area contributed by atoms with Gasteiger partial charge in [0.05, 0.1) is 16.9 Å². The highest BCUT2D eigenvalue weighted by Gasteiger charge is 2.13. The van der Waals surface area contributed by atoms with Crippen LogP contribution in [0.15, 0.2) is 27.4 Å². The van der Waals surface area contributed by atoms with Gasteiger partial charge in [-0.15, -0.1) is 22.7 Å². The highest BCUT2D eigenvalue weighted by Crippen LogP contribution is 2.34. The summed E-state index contributed by atoms with van der Waals surface area (Å²) >= 11 is 6.73. The second-order valence-electron chi connectivity index (χ2n) is 3.01. The van der Waals surface area contributed by atoms with Gasteiger partial charge in [-0.05, 0) is 34.1 Å². The molecule has 0 spiro atoms. The van der Waals surface area contributed by atoms with Gasteiger partial charge in [0.25, 0.3) is 0 Å². The van der Waals surface area contributed by atoms with E-state index in [-0.39, 0.29) is 6.04 Å². The molecule has 0 aliphatic heterocycles. The van der Waals surface area contributed by atoms with Crippen molar-refractivity contribution < 1.29 is 4.74 Å². The van der Waals surface area contributed by atoms with Gasteiger partial charge in [-0.3, -0.25) is 0 Å². The molecule has 0 amide bonds. The van der Waals surface area contributed by atoms with Crippen molar-refractivity contribution in [3.63, 3.8) is 0 Å². The largest absolute Gasteiger partial charge is 0.496 e. The lowest BCUT2D eigenvalue weighted by Gasteiger charge is -2.05. The fourth-order valence-corrected chi connectivity index (χ4v) is 3.63. The first-order valence-corrected chi connectivity index (χ1v) is 6.83. The maximum Gasteiger partial charge on any atom is 0.129 e. The summed E-state index contributed by atoms with van der Waals surface area (Å²) in [4.78, 5) is 2.28. The SMILES string of the molecule is COc1csc(C(N)c2ccc(Br)s2)c1. The molecule has 0 fully saturated rings. The predicted molar refractivity (Wildman–Crippen MR) is 68.9 cm³/mol. The number of hydrogen-bond donors (Lipinski definition) is 1. The zero-order valence-electron chi connectivity index (χ0n) is 8.07. The van der Waals surface area contributed by atoms with Crippen LogP contribution in [0.3, 0.4) is 0 Å². The minimum atomic E-state index is -0.0461. The molecule has 0 aliphatic carbocycles. The topological polar surface area (TPSA) is 35.2 Å². The summed E-state index contributed by atoms with van der Waals surface area (Å²) in [6.07, 6.45) is 0. The Morgan fingerprint density at radius 3 is 2.73 bits per heavy atom. The van der Waals surface area contributed by atoms with Crippen LogP contribution in [0.2, 0.25) is 0 Å². The molecule has 5 heteroatoms. The van der Waals surface area contributed by atoms with Crippen LogP contribution in [0, 0.1) is 0 Å². The maximum atomic E-state index is 6.14. The van der Waals surface area contributed by atoms with E-state index in [0.717, 1.165) is 19.3 Å². The molecule has 2 aromatic rings. The second kappa shape index (κ2) is 4.65. The van der Waals surface area contributed by atoms with Crippen molar-refractivity contribution in [2.75, 3.05) is 7.11 Å². The highest BCUT2D eigenvalue weighted by atomic mass is 79.9. The van der Waals surface area contributed by atoms with Crippen molar-refractivity contribution >= 4 is 38.6 Å². The van der Waals surface area contributed by atoms with Gasteiger partial charge in [0.15, 0.2) is 0 Å². The van der Waals surface area contributed by atoms with Crippen LogP contribution in [0.5, 0.6) is 5.75 Å². The zero-order valence-corrected chi connectivity index (χ0v) is 11.3. The molecule has 1 unspecified atom stereocenters. The Hall–Kier alpha value is -0.360. The van der Waals surface area contributed by atoms with E-state index in [0.29, 0.717) is 0 Å². The van der Waals surface area contributed by atoms with E-state index in [9.17, 15) is 0 Å². The van der Waals surface area contributed by atoms with Crippen molar-refractivity contribution in [2.24, 2.45) is 5.73 Å². The molecule has 2 heterocycles. The number of hydrogen-bond acceptors (Lipinski definition) is 4. The monoisotopic (exact) mass is 303 g/mol. The molecule has 2 nitrogen and oxygen atoms in total. The Morgan fingerprint density at radius 2 is 2.20 bits per heavy atom. The molecule has 0 aliphatic rings. The lowest BCUT2D eigenvalue weighted by molar-refractivity contribution is 0.416. The average Bonchev–Trinajstić information content (AvgIpc) is 2.84. The third kappa shape index (κ3) is 2.42. The first-order valence-electron chi connectivity index (χ1n) is 4.34. The van der Waals surface area contributed by atoms with E-state index in [1.165, 1.54) is 0 Å². The molecule has 0 bridgehead atoms. The fraction of sp³-hybridized carbons (Fsp3) is 0.200. The second-order valence-corrected chi connectivity index (χ2v) is 6.45. The Balaban J connectivity index is 2.23. The number of ether oxygens (including phenoxy) is 1. The van der Waals surface area contributed by atoms with E-state index in [4.69, 9.17) is 10.5 Å². The van der Waals surface area contributed by atoms with Gasteiger partial charge in [0.1, 0.15) is 5.75 Å². The summed E-state index contributed by atoms with van der Waals surface area (Å²) in [5.41, 5.74) is 6.14. The maximum absolute atomic E-state index is 6.14. The average molecular weight is 304 g/mol. The molecular formula is C10H10BrNOS2. The van der Waals surface area contributed by atoms with E-state index in [2.05, 4.69) is 15.9 Å². The standard InChI is InChI=1S/C10H10BrNOS2/c1-13-6-4-8(14-5-6)10(12)7-2-3-9(11)15-7/h2-5,10H,12H2,1H3. The third-order valence-electron chi connectivity index (χ3n) is 2.04. The molecule has 2 aromatic heterocycles. The number of thiophene rings is 2. The van der Waals surface area contributed by atoms with Crippen LogP contribution >= 0.6 is 38.6 Å². The number of rotatable bonds is 3. The molecule has 2 rings (SSSR count). The van der Waals surface area contributed by atoms with Gasteiger partial charge < -0.3 is 10.5 Å². The van der Waals surface area contributed by atoms with Gasteiger partial charge in [-0.2, -0.15) is 0 Å². The molecule has 0 aromatic carbocycles. The minimum Gasteiger partial charge on any atom is -0.496 e. The van der Waals surface area contributed by atoms with Crippen molar-refractivity contribution in [3.8, 4) is 5.75 Å². The van der Waals surface area contributed by atoms with Crippen molar-refractivity contribution in [1.82, 2.24) is 0 Å². The van der Waals surface area contributed by atoms with Crippen molar-refractivity contribution in [1.29, 1.82) is 0 Å². The molecule has 2 N–H and O–H groups in total. The Labute approximate surface area is 105 Å². The molecule has 0 saturated carbocycles. The van der Waals surface area contributed by atoms with E-state index in [1.807, 2.05) is 23.6 Å². The van der Waals surface area contributed by atoms with Gasteiger partial charge in [-0.25, -0.2) is 0 Å². The third-order valence-corrected chi connectivity index (χ3v) is 4.74.